The smallest absolute Gasteiger partial charge is 0.257 e. The normalized spacial score (nSPS) is 15.9. The highest BCUT2D eigenvalue weighted by Gasteiger charge is 2.23. The summed E-state index contributed by atoms with van der Waals surface area (Å²) in [6.45, 7) is 3.53. The minimum atomic E-state index is -2.97. The van der Waals surface area contributed by atoms with Crippen LogP contribution in [0.15, 0.2) is 36.7 Å². The molecule has 1 aromatic heterocycles. The van der Waals surface area contributed by atoms with Crippen molar-refractivity contribution < 1.29 is 13.2 Å². The van der Waals surface area contributed by atoms with E-state index in [4.69, 9.17) is 11.6 Å². The van der Waals surface area contributed by atoms with Crippen LogP contribution in [0.5, 0.6) is 0 Å². The average Bonchev–Trinajstić information content (AvgIpc) is 3.10. The first kappa shape index (κ1) is 19.9. The molecule has 0 unspecified atom stereocenters. The first-order valence-electron chi connectivity index (χ1n) is 8.77. The molecule has 27 heavy (non-hydrogen) atoms. The summed E-state index contributed by atoms with van der Waals surface area (Å²) >= 11 is 6.17. The Labute approximate surface area is 164 Å². The van der Waals surface area contributed by atoms with Crippen molar-refractivity contribution in [1.29, 1.82) is 0 Å². The molecular weight excluding hydrogens is 388 g/mol. The Morgan fingerprint density at radius 2 is 1.89 bits per heavy atom. The third-order valence-electron chi connectivity index (χ3n) is 4.61. The van der Waals surface area contributed by atoms with E-state index in [1.165, 1.54) is 6.26 Å². The number of benzene rings is 1. The Kier molecular flexibility index (Phi) is 6.18. The predicted octanol–water partition coefficient (Wildman–Crippen LogP) is 1.39. The van der Waals surface area contributed by atoms with Crippen molar-refractivity contribution in [2.45, 2.75) is 6.54 Å². The minimum absolute atomic E-state index is 0.0526. The quantitative estimate of drug-likeness (QED) is 0.719. The molecule has 7 nitrogen and oxygen atoms in total. The van der Waals surface area contributed by atoms with Crippen molar-refractivity contribution in [3.05, 3.63) is 52.8 Å². The molecule has 1 fully saturated rings. The zero-order valence-electron chi connectivity index (χ0n) is 15.2. The fourth-order valence-corrected chi connectivity index (χ4v) is 3.80. The molecule has 2 aromatic rings. The van der Waals surface area contributed by atoms with Crippen molar-refractivity contribution in [2.75, 3.05) is 44.7 Å². The fourth-order valence-electron chi connectivity index (χ4n) is 3.01. The SMILES string of the molecule is CS(=O)(=O)CCN1CCN(C(=O)c2cnn(Cc3ccccc3Cl)c2)CC1. The van der Waals surface area contributed by atoms with E-state index in [1.54, 1.807) is 22.0 Å². The van der Waals surface area contributed by atoms with Gasteiger partial charge >= 0.3 is 0 Å². The van der Waals surface area contributed by atoms with Crippen LogP contribution in [0.1, 0.15) is 15.9 Å². The largest absolute Gasteiger partial charge is 0.336 e. The first-order chi connectivity index (χ1) is 12.8. The van der Waals surface area contributed by atoms with E-state index < -0.39 is 9.84 Å². The summed E-state index contributed by atoms with van der Waals surface area (Å²) in [5.74, 6) is 0.0960. The minimum Gasteiger partial charge on any atom is -0.336 e. The summed E-state index contributed by atoms with van der Waals surface area (Å²) < 4.78 is 24.3. The zero-order valence-corrected chi connectivity index (χ0v) is 16.8. The molecule has 9 heteroatoms. The number of sulfone groups is 1. The number of nitrogens with zero attached hydrogens (tertiary/aromatic N) is 4. The molecule has 3 rings (SSSR count). The van der Waals surface area contributed by atoms with E-state index >= 15 is 0 Å². The monoisotopic (exact) mass is 410 g/mol. The van der Waals surface area contributed by atoms with Crippen molar-refractivity contribution in [1.82, 2.24) is 19.6 Å². The molecule has 146 valence electrons. The molecule has 2 heterocycles. The second kappa shape index (κ2) is 8.41. The van der Waals surface area contributed by atoms with Gasteiger partial charge in [0, 0.05) is 50.2 Å². The van der Waals surface area contributed by atoms with Crippen LogP contribution in [-0.4, -0.2) is 78.6 Å². The lowest BCUT2D eigenvalue weighted by atomic mass is 10.2. The van der Waals surface area contributed by atoms with E-state index in [1.807, 2.05) is 24.3 Å². The molecule has 0 N–H and O–H groups in total. The van der Waals surface area contributed by atoms with E-state index in [0.29, 0.717) is 49.9 Å². The van der Waals surface area contributed by atoms with Gasteiger partial charge in [-0.1, -0.05) is 29.8 Å². The standard InChI is InChI=1S/C18H23ClN4O3S/c1-27(25,26)11-10-21-6-8-22(9-7-21)18(24)16-12-20-23(14-16)13-15-4-2-3-5-17(15)19/h2-5,12,14H,6-11,13H2,1H3. The van der Waals surface area contributed by atoms with Crippen molar-refractivity contribution in [3.8, 4) is 0 Å². The number of carbonyl (C=O) groups excluding carboxylic acids is 1. The summed E-state index contributed by atoms with van der Waals surface area (Å²) in [5, 5.41) is 4.95. The molecule has 0 spiro atoms. The number of piperazine rings is 1. The van der Waals surface area contributed by atoms with Gasteiger partial charge in [-0.3, -0.25) is 14.4 Å². The first-order valence-corrected chi connectivity index (χ1v) is 11.2. The van der Waals surface area contributed by atoms with Gasteiger partial charge in [-0.2, -0.15) is 5.10 Å². The maximum absolute atomic E-state index is 12.7. The highest BCUT2D eigenvalue weighted by Crippen LogP contribution is 2.16. The van der Waals surface area contributed by atoms with Crippen LogP contribution in [0.25, 0.3) is 0 Å². The maximum atomic E-state index is 12.7. The summed E-state index contributed by atoms with van der Waals surface area (Å²) in [6.07, 6.45) is 4.56. The number of aromatic nitrogens is 2. The molecule has 1 saturated heterocycles. The number of carbonyl (C=O) groups is 1. The number of hydrogen-bond donors (Lipinski definition) is 0. The predicted molar refractivity (Wildman–Crippen MR) is 105 cm³/mol. The lowest BCUT2D eigenvalue weighted by Gasteiger charge is -2.34. The van der Waals surface area contributed by atoms with Gasteiger partial charge in [0.25, 0.3) is 5.91 Å². The molecule has 0 atom stereocenters. The summed E-state index contributed by atoms with van der Waals surface area (Å²) in [5.41, 5.74) is 1.49. The third-order valence-corrected chi connectivity index (χ3v) is 5.90. The van der Waals surface area contributed by atoms with E-state index in [2.05, 4.69) is 10.00 Å². The fraction of sp³-hybridized carbons (Fsp3) is 0.444. The molecule has 0 radical (unpaired) electrons. The third kappa shape index (κ3) is 5.54. The van der Waals surface area contributed by atoms with Gasteiger partial charge in [0.2, 0.25) is 0 Å². The number of amides is 1. The zero-order chi connectivity index (χ0) is 19.4. The van der Waals surface area contributed by atoms with E-state index in [-0.39, 0.29) is 11.7 Å². The van der Waals surface area contributed by atoms with Crippen LogP contribution in [0.2, 0.25) is 5.02 Å². The Hall–Kier alpha value is -1.90. The summed E-state index contributed by atoms with van der Waals surface area (Å²) in [7, 11) is -2.97. The molecule has 1 amide bonds. The molecule has 1 aromatic carbocycles. The summed E-state index contributed by atoms with van der Waals surface area (Å²) in [4.78, 5) is 16.5. The van der Waals surface area contributed by atoms with E-state index in [0.717, 1.165) is 5.56 Å². The van der Waals surface area contributed by atoms with Crippen LogP contribution >= 0.6 is 11.6 Å². The van der Waals surface area contributed by atoms with Gasteiger partial charge < -0.3 is 4.90 Å². The molecule has 1 aliphatic heterocycles. The average molecular weight is 411 g/mol. The topological polar surface area (TPSA) is 75.5 Å². The molecular formula is C18H23ClN4O3S. The highest BCUT2D eigenvalue weighted by molar-refractivity contribution is 7.90. The van der Waals surface area contributed by atoms with Crippen LogP contribution in [0.4, 0.5) is 0 Å². The second-order valence-electron chi connectivity index (χ2n) is 6.78. The Morgan fingerprint density at radius 1 is 1.19 bits per heavy atom. The Balaban J connectivity index is 1.55. The van der Waals surface area contributed by atoms with Gasteiger partial charge in [-0.25, -0.2) is 8.42 Å². The lowest BCUT2D eigenvalue weighted by Crippen LogP contribution is -2.49. The van der Waals surface area contributed by atoms with Crippen LogP contribution in [-0.2, 0) is 16.4 Å². The number of halogens is 1. The molecule has 1 aliphatic rings. The number of rotatable bonds is 6. The van der Waals surface area contributed by atoms with Gasteiger partial charge in [-0.05, 0) is 11.6 Å². The van der Waals surface area contributed by atoms with Crippen LogP contribution < -0.4 is 0 Å². The van der Waals surface area contributed by atoms with Crippen molar-refractivity contribution in [3.63, 3.8) is 0 Å². The molecule has 0 bridgehead atoms. The highest BCUT2D eigenvalue weighted by atomic mass is 35.5. The van der Waals surface area contributed by atoms with Crippen molar-refractivity contribution >= 4 is 27.3 Å². The van der Waals surface area contributed by atoms with Crippen LogP contribution in [0, 0.1) is 0 Å². The Morgan fingerprint density at radius 3 is 2.56 bits per heavy atom. The van der Waals surface area contributed by atoms with Crippen molar-refractivity contribution in [2.24, 2.45) is 0 Å². The van der Waals surface area contributed by atoms with Gasteiger partial charge in [0.15, 0.2) is 0 Å². The van der Waals surface area contributed by atoms with E-state index in [9.17, 15) is 13.2 Å². The molecule has 0 saturated carbocycles. The van der Waals surface area contributed by atoms with Crippen LogP contribution in [0.3, 0.4) is 0 Å². The lowest BCUT2D eigenvalue weighted by molar-refractivity contribution is 0.0644. The number of hydrogen-bond acceptors (Lipinski definition) is 5. The van der Waals surface area contributed by atoms with Gasteiger partial charge in [-0.15, -0.1) is 0 Å². The van der Waals surface area contributed by atoms with Gasteiger partial charge in [0.05, 0.1) is 24.1 Å². The Bertz CT molecular complexity index is 905. The van der Waals surface area contributed by atoms with Gasteiger partial charge in [0.1, 0.15) is 9.84 Å². The molecule has 0 aliphatic carbocycles. The summed E-state index contributed by atoms with van der Waals surface area (Å²) in [6, 6.07) is 7.55. The maximum Gasteiger partial charge on any atom is 0.257 e. The second-order valence-corrected chi connectivity index (χ2v) is 9.45.